The number of rotatable bonds is 9. The summed E-state index contributed by atoms with van der Waals surface area (Å²) in [4.78, 5) is 32.8. The molecule has 2 heterocycles. The predicted molar refractivity (Wildman–Crippen MR) is 123 cm³/mol. The molecule has 0 amide bonds. The van der Waals surface area contributed by atoms with Crippen molar-refractivity contribution in [2.24, 2.45) is 10.9 Å². The van der Waals surface area contributed by atoms with Crippen LogP contribution in [0.1, 0.15) is 68.5 Å². The third-order valence-electron chi connectivity index (χ3n) is 5.29. The molecular formula is C24H29N5O3. The first-order valence-electron chi connectivity index (χ1n) is 10.5. The quantitative estimate of drug-likeness (QED) is 0.231. The lowest BCUT2D eigenvalue weighted by atomic mass is 10.0. The second-order valence-electron chi connectivity index (χ2n) is 7.85. The lowest BCUT2D eigenvalue weighted by Crippen LogP contribution is -2.17. The zero-order valence-corrected chi connectivity index (χ0v) is 19.2. The van der Waals surface area contributed by atoms with E-state index in [9.17, 15) is 9.59 Å². The Kier molecular flexibility index (Phi) is 6.92. The smallest absolute Gasteiger partial charge is 0.219 e. The molecule has 0 saturated carbocycles. The number of nitrogens with one attached hydrogen (secondary N) is 1. The predicted octanol–water partition coefficient (Wildman–Crippen LogP) is 3.47. The fraction of sp³-hybridized carbons (Fsp3) is 0.333. The van der Waals surface area contributed by atoms with Crippen LogP contribution < -0.4 is 5.73 Å². The van der Waals surface area contributed by atoms with Crippen LogP contribution in [-0.4, -0.2) is 38.8 Å². The number of benzene rings is 1. The van der Waals surface area contributed by atoms with Gasteiger partial charge in [-0.2, -0.15) is 5.10 Å². The van der Waals surface area contributed by atoms with Gasteiger partial charge in [0.05, 0.1) is 17.9 Å². The second-order valence-corrected chi connectivity index (χ2v) is 7.85. The third kappa shape index (κ3) is 4.96. The molecule has 2 aromatic heterocycles. The Bertz CT molecular complexity index is 1190. The Balaban J connectivity index is 1.69. The number of Topliss-reactive ketones (excluding diaryl/α,β-unsaturated/α-hetero) is 2. The lowest BCUT2D eigenvalue weighted by molar-refractivity contribution is 0.0770. The molecular weight excluding hydrogens is 406 g/mol. The molecule has 3 N–H and O–H groups in total. The molecule has 3 rings (SSSR count). The number of aryl methyl sites for hydroxylation is 3. The summed E-state index contributed by atoms with van der Waals surface area (Å²) in [6.07, 6.45) is 0.563. The number of amidine groups is 1. The molecule has 0 aliphatic carbocycles. The molecule has 32 heavy (non-hydrogen) atoms. The summed E-state index contributed by atoms with van der Waals surface area (Å²) in [7, 11) is 0. The molecule has 0 aliphatic heterocycles. The fourth-order valence-electron chi connectivity index (χ4n) is 3.87. The Morgan fingerprint density at radius 1 is 1.22 bits per heavy atom. The minimum atomic E-state index is -0.285. The number of nitrogens with two attached hydrogens (primary N) is 1. The van der Waals surface area contributed by atoms with Gasteiger partial charge in [-0.25, -0.2) is 0 Å². The Hall–Kier alpha value is -3.68. The lowest BCUT2D eigenvalue weighted by Gasteiger charge is -2.07. The van der Waals surface area contributed by atoms with E-state index in [2.05, 4.69) is 15.2 Å². The van der Waals surface area contributed by atoms with Crippen molar-refractivity contribution in [1.29, 1.82) is 0 Å². The summed E-state index contributed by atoms with van der Waals surface area (Å²) in [6, 6.07) is 9.66. The topological polar surface area (TPSA) is 115 Å². The van der Waals surface area contributed by atoms with Crippen LogP contribution in [0, 0.1) is 20.8 Å². The monoisotopic (exact) mass is 435 g/mol. The molecule has 1 aromatic carbocycles. The number of H-pyrrole nitrogens is 1. The highest BCUT2D eigenvalue weighted by atomic mass is 16.6. The minimum Gasteiger partial charge on any atom is -0.386 e. The second kappa shape index (κ2) is 9.64. The standard InChI is InChI=1S/C24H29N5O3/c1-6-20-22(17(5)30)16(4)26-23(20)21(31)13-32-28-24(25)19-9-7-8-18(11-19)12-29-15(3)10-14(2)27-29/h7-11,26H,6,12-13H2,1-5H3,(H2,25,28). The Labute approximate surface area is 187 Å². The van der Waals surface area contributed by atoms with E-state index in [0.29, 0.717) is 41.0 Å². The van der Waals surface area contributed by atoms with Gasteiger partial charge in [0.2, 0.25) is 5.78 Å². The van der Waals surface area contributed by atoms with Crippen molar-refractivity contribution in [3.8, 4) is 0 Å². The van der Waals surface area contributed by atoms with Crippen molar-refractivity contribution in [2.45, 2.75) is 47.6 Å². The zero-order valence-electron chi connectivity index (χ0n) is 19.2. The van der Waals surface area contributed by atoms with Gasteiger partial charge in [-0.3, -0.25) is 14.3 Å². The van der Waals surface area contributed by atoms with Gasteiger partial charge < -0.3 is 15.6 Å². The maximum Gasteiger partial charge on any atom is 0.219 e. The molecule has 0 fully saturated rings. The Morgan fingerprint density at radius 3 is 2.59 bits per heavy atom. The maximum atomic E-state index is 12.6. The summed E-state index contributed by atoms with van der Waals surface area (Å²) in [5.74, 6) is -0.179. The molecule has 8 nitrogen and oxygen atoms in total. The van der Waals surface area contributed by atoms with Crippen molar-refractivity contribution in [3.05, 3.63) is 75.4 Å². The largest absolute Gasteiger partial charge is 0.386 e. The van der Waals surface area contributed by atoms with Crippen LogP contribution in [0.15, 0.2) is 35.5 Å². The SMILES string of the molecule is CCc1c(C(=O)CO/N=C(/N)c2cccc(Cn3nc(C)cc3C)c2)[nH]c(C)c1C(C)=O. The number of carbonyl (C=O) groups excluding carboxylic acids is 2. The summed E-state index contributed by atoms with van der Waals surface area (Å²) in [5, 5.41) is 8.40. The molecule has 0 saturated heterocycles. The van der Waals surface area contributed by atoms with E-state index >= 15 is 0 Å². The molecule has 168 valence electrons. The van der Waals surface area contributed by atoms with Crippen molar-refractivity contribution < 1.29 is 14.4 Å². The number of ketones is 2. The molecule has 8 heteroatoms. The number of aromatic nitrogens is 3. The van der Waals surface area contributed by atoms with Crippen molar-refractivity contribution in [3.63, 3.8) is 0 Å². The van der Waals surface area contributed by atoms with Gasteiger partial charge in [0.15, 0.2) is 18.2 Å². The summed E-state index contributed by atoms with van der Waals surface area (Å²) >= 11 is 0. The Morgan fingerprint density at radius 2 is 1.97 bits per heavy atom. The van der Waals surface area contributed by atoms with Crippen LogP contribution in [0.5, 0.6) is 0 Å². The van der Waals surface area contributed by atoms with E-state index in [1.54, 1.807) is 6.92 Å². The minimum absolute atomic E-state index is 0.0711. The van der Waals surface area contributed by atoms with Crippen molar-refractivity contribution in [2.75, 3.05) is 6.61 Å². The first-order valence-corrected chi connectivity index (χ1v) is 10.5. The maximum absolute atomic E-state index is 12.6. The van der Waals surface area contributed by atoms with Crippen LogP contribution in [0.3, 0.4) is 0 Å². The van der Waals surface area contributed by atoms with Crippen LogP contribution >= 0.6 is 0 Å². The number of nitrogens with zero attached hydrogens (tertiary/aromatic N) is 3. The fourth-order valence-corrected chi connectivity index (χ4v) is 3.87. The van der Waals surface area contributed by atoms with Gasteiger partial charge in [0, 0.05) is 22.5 Å². The number of carbonyl (C=O) groups is 2. The van der Waals surface area contributed by atoms with Crippen LogP contribution in [-0.2, 0) is 17.8 Å². The van der Waals surface area contributed by atoms with Gasteiger partial charge >= 0.3 is 0 Å². The molecule has 0 atom stereocenters. The van der Waals surface area contributed by atoms with E-state index in [1.165, 1.54) is 6.92 Å². The molecule has 0 unspecified atom stereocenters. The van der Waals surface area contributed by atoms with E-state index in [1.807, 2.05) is 55.8 Å². The van der Waals surface area contributed by atoms with E-state index in [-0.39, 0.29) is 24.0 Å². The number of aromatic amines is 1. The summed E-state index contributed by atoms with van der Waals surface area (Å²) in [5.41, 5.74) is 12.2. The summed E-state index contributed by atoms with van der Waals surface area (Å²) in [6.45, 7) is 9.49. The van der Waals surface area contributed by atoms with Crippen molar-refractivity contribution >= 4 is 17.4 Å². The third-order valence-corrected chi connectivity index (χ3v) is 5.29. The van der Waals surface area contributed by atoms with E-state index < -0.39 is 0 Å². The normalized spacial score (nSPS) is 11.6. The van der Waals surface area contributed by atoms with E-state index in [0.717, 1.165) is 17.0 Å². The highest BCUT2D eigenvalue weighted by Gasteiger charge is 2.21. The van der Waals surface area contributed by atoms with Crippen molar-refractivity contribution in [1.82, 2.24) is 14.8 Å². The average molecular weight is 436 g/mol. The molecule has 0 radical (unpaired) electrons. The zero-order chi connectivity index (χ0) is 23.4. The number of oxime groups is 1. The molecule has 0 spiro atoms. The summed E-state index contributed by atoms with van der Waals surface area (Å²) < 4.78 is 1.93. The average Bonchev–Trinajstić information content (AvgIpc) is 3.25. The molecule has 0 aliphatic rings. The number of hydrogen-bond donors (Lipinski definition) is 2. The van der Waals surface area contributed by atoms with Gasteiger partial charge in [0.1, 0.15) is 0 Å². The highest BCUT2D eigenvalue weighted by Crippen LogP contribution is 2.21. The van der Waals surface area contributed by atoms with Gasteiger partial charge in [-0.05, 0) is 57.4 Å². The van der Waals surface area contributed by atoms with Gasteiger partial charge in [0.25, 0.3) is 0 Å². The van der Waals surface area contributed by atoms with Gasteiger partial charge in [-0.15, -0.1) is 0 Å². The van der Waals surface area contributed by atoms with Crippen LogP contribution in [0.2, 0.25) is 0 Å². The van der Waals surface area contributed by atoms with Gasteiger partial charge in [-0.1, -0.05) is 30.3 Å². The first kappa shape index (κ1) is 23.0. The number of hydrogen-bond acceptors (Lipinski definition) is 5. The highest BCUT2D eigenvalue weighted by molar-refractivity contribution is 6.04. The first-order chi connectivity index (χ1) is 15.2. The van der Waals surface area contributed by atoms with E-state index in [4.69, 9.17) is 10.6 Å². The van der Waals surface area contributed by atoms with Crippen LogP contribution in [0.4, 0.5) is 0 Å². The molecule has 3 aromatic rings. The van der Waals surface area contributed by atoms with Crippen LogP contribution in [0.25, 0.3) is 0 Å². The molecule has 0 bridgehead atoms.